The van der Waals surface area contributed by atoms with E-state index in [1.165, 1.54) is 18.2 Å². The minimum atomic E-state index is -0.567. The molecule has 0 unspecified atom stereocenters. The Morgan fingerprint density at radius 3 is 2.52 bits per heavy atom. The lowest BCUT2D eigenvalue weighted by molar-refractivity contribution is -0.385. The molecule has 2 aromatic rings. The van der Waals surface area contributed by atoms with Crippen LogP contribution in [0.15, 0.2) is 36.4 Å². The number of benzene rings is 2. The van der Waals surface area contributed by atoms with E-state index in [2.05, 4.69) is 5.32 Å². The van der Waals surface area contributed by atoms with Crippen molar-refractivity contribution in [1.82, 2.24) is 0 Å². The maximum Gasteiger partial charge on any atom is 0.311 e. The van der Waals surface area contributed by atoms with Crippen LogP contribution >= 0.6 is 0 Å². The summed E-state index contributed by atoms with van der Waals surface area (Å²) in [6.07, 6.45) is 4.41. The van der Waals surface area contributed by atoms with E-state index >= 15 is 0 Å². The van der Waals surface area contributed by atoms with Gasteiger partial charge >= 0.3 is 5.69 Å². The largest absolute Gasteiger partial charge is 0.493 e. The highest BCUT2D eigenvalue weighted by molar-refractivity contribution is 6.05. The summed E-state index contributed by atoms with van der Waals surface area (Å²) in [6.45, 7) is 2.03. The normalized spacial score (nSPS) is 13.7. The van der Waals surface area contributed by atoms with Gasteiger partial charge in [0.2, 0.25) is 0 Å². The van der Waals surface area contributed by atoms with Crippen LogP contribution in [-0.2, 0) is 0 Å². The molecule has 0 saturated heterocycles. The molecule has 0 heterocycles. The zero-order chi connectivity index (χ0) is 20.8. The van der Waals surface area contributed by atoms with Gasteiger partial charge in [0, 0.05) is 23.4 Å². The molecule has 154 valence electrons. The van der Waals surface area contributed by atoms with Gasteiger partial charge in [0.15, 0.2) is 17.2 Å². The van der Waals surface area contributed by atoms with E-state index in [0.29, 0.717) is 23.8 Å². The first-order valence-electron chi connectivity index (χ1n) is 9.59. The molecule has 0 bridgehead atoms. The number of nitro benzene ring substituents is 1. The number of ether oxygens (including phenoxy) is 3. The first-order valence-corrected chi connectivity index (χ1v) is 9.59. The fourth-order valence-electron chi connectivity index (χ4n) is 3.31. The molecule has 29 heavy (non-hydrogen) atoms. The number of carbonyl (C=O) groups excluding carboxylic acids is 1. The molecule has 0 atom stereocenters. The van der Waals surface area contributed by atoms with E-state index in [1.807, 2.05) is 0 Å². The SMILES string of the molecule is CCOc1ccc(C(=O)Nc2ccc(OC)c(OC3CCCC3)c2)cc1[N+](=O)[O-]. The smallest absolute Gasteiger partial charge is 0.311 e. The summed E-state index contributed by atoms with van der Waals surface area (Å²) >= 11 is 0. The fraction of sp³-hybridized carbons (Fsp3) is 0.381. The topological polar surface area (TPSA) is 99.9 Å². The number of methoxy groups -OCH3 is 1. The third-order valence-electron chi connectivity index (χ3n) is 4.73. The number of nitrogens with one attached hydrogen (secondary N) is 1. The number of hydrogen-bond acceptors (Lipinski definition) is 6. The van der Waals surface area contributed by atoms with Crippen LogP contribution in [0.3, 0.4) is 0 Å². The minimum Gasteiger partial charge on any atom is -0.493 e. The molecule has 2 aromatic carbocycles. The van der Waals surface area contributed by atoms with Crippen LogP contribution in [0.5, 0.6) is 17.2 Å². The summed E-state index contributed by atoms with van der Waals surface area (Å²) in [4.78, 5) is 23.3. The van der Waals surface area contributed by atoms with Crippen molar-refractivity contribution in [3.63, 3.8) is 0 Å². The predicted octanol–water partition coefficient (Wildman–Crippen LogP) is 4.58. The number of carbonyl (C=O) groups is 1. The molecular weight excluding hydrogens is 376 g/mol. The van der Waals surface area contributed by atoms with Crippen LogP contribution in [0.2, 0.25) is 0 Å². The highest BCUT2D eigenvalue weighted by atomic mass is 16.6. The third-order valence-corrected chi connectivity index (χ3v) is 4.73. The second-order valence-corrected chi connectivity index (χ2v) is 6.72. The molecule has 1 N–H and O–H groups in total. The zero-order valence-corrected chi connectivity index (χ0v) is 16.5. The highest BCUT2D eigenvalue weighted by Crippen LogP contribution is 2.34. The number of nitro groups is 1. The molecule has 1 aliphatic rings. The van der Waals surface area contributed by atoms with E-state index in [1.54, 1.807) is 32.2 Å². The summed E-state index contributed by atoms with van der Waals surface area (Å²) in [5.74, 6) is 0.820. The van der Waals surface area contributed by atoms with Crippen molar-refractivity contribution in [3.05, 3.63) is 52.1 Å². The lowest BCUT2D eigenvalue weighted by atomic mass is 10.1. The fourth-order valence-corrected chi connectivity index (χ4v) is 3.31. The molecular formula is C21H24N2O6. The molecule has 0 spiro atoms. The highest BCUT2D eigenvalue weighted by Gasteiger charge is 2.21. The monoisotopic (exact) mass is 400 g/mol. The molecule has 1 saturated carbocycles. The third kappa shape index (κ3) is 4.96. The number of nitrogens with zero attached hydrogens (tertiary/aromatic N) is 1. The standard InChI is InChI=1S/C21H24N2O6/c1-3-28-18-10-8-14(12-17(18)23(25)26)21(24)22-15-9-11-19(27-2)20(13-15)29-16-6-4-5-7-16/h8-13,16H,3-7H2,1-2H3,(H,22,24). The van der Waals surface area contributed by atoms with Crippen LogP contribution in [0, 0.1) is 10.1 Å². The van der Waals surface area contributed by atoms with Crippen molar-refractivity contribution in [1.29, 1.82) is 0 Å². The Bertz CT molecular complexity index is 893. The Hall–Kier alpha value is -3.29. The van der Waals surface area contributed by atoms with Crippen molar-refractivity contribution < 1.29 is 23.9 Å². The van der Waals surface area contributed by atoms with Crippen molar-refractivity contribution >= 4 is 17.3 Å². The molecule has 8 nitrogen and oxygen atoms in total. The molecule has 0 aromatic heterocycles. The molecule has 0 radical (unpaired) electrons. The van der Waals surface area contributed by atoms with Crippen molar-refractivity contribution in [2.24, 2.45) is 0 Å². The van der Waals surface area contributed by atoms with Gasteiger partial charge < -0.3 is 19.5 Å². The average Bonchev–Trinajstić information content (AvgIpc) is 3.21. The van der Waals surface area contributed by atoms with Gasteiger partial charge in [-0.1, -0.05) is 0 Å². The van der Waals surface area contributed by atoms with E-state index in [0.717, 1.165) is 25.7 Å². The van der Waals surface area contributed by atoms with Crippen LogP contribution in [0.1, 0.15) is 43.0 Å². The maximum atomic E-state index is 12.6. The Kier molecular flexibility index (Phi) is 6.54. The van der Waals surface area contributed by atoms with E-state index in [-0.39, 0.29) is 23.1 Å². The lowest BCUT2D eigenvalue weighted by Gasteiger charge is -2.17. The molecule has 1 aliphatic carbocycles. The number of anilines is 1. The van der Waals surface area contributed by atoms with Gasteiger partial charge in [-0.25, -0.2) is 0 Å². The Balaban J connectivity index is 1.79. The van der Waals surface area contributed by atoms with Crippen LogP contribution in [0.25, 0.3) is 0 Å². The first-order chi connectivity index (χ1) is 14.0. The number of hydrogen-bond donors (Lipinski definition) is 1. The van der Waals surface area contributed by atoms with Gasteiger partial charge in [-0.05, 0) is 56.9 Å². The van der Waals surface area contributed by atoms with Gasteiger partial charge in [-0.15, -0.1) is 0 Å². The first kappa shape index (κ1) is 20.4. The maximum absolute atomic E-state index is 12.6. The van der Waals surface area contributed by atoms with E-state index in [4.69, 9.17) is 14.2 Å². The molecule has 8 heteroatoms. The molecule has 3 rings (SSSR count). The quantitative estimate of drug-likeness (QED) is 0.514. The second kappa shape index (κ2) is 9.27. The van der Waals surface area contributed by atoms with Crippen LogP contribution in [-0.4, -0.2) is 30.7 Å². The van der Waals surface area contributed by atoms with Gasteiger partial charge in [0.1, 0.15) is 0 Å². The van der Waals surface area contributed by atoms with Crippen molar-refractivity contribution in [2.75, 3.05) is 19.0 Å². The summed E-state index contributed by atoms with van der Waals surface area (Å²) in [6, 6.07) is 9.26. The average molecular weight is 400 g/mol. The number of rotatable bonds is 8. The van der Waals surface area contributed by atoms with Gasteiger partial charge in [0.25, 0.3) is 5.91 Å². The summed E-state index contributed by atoms with van der Waals surface area (Å²) in [7, 11) is 1.56. The number of amides is 1. The molecule has 1 amide bonds. The molecule has 1 fully saturated rings. The van der Waals surface area contributed by atoms with Crippen molar-refractivity contribution in [2.45, 2.75) is 38.7 Å². The Morgan fingerprint density at radius 1 is 1.14 bits per heavy atom. The Labute approximate surface area is 168 Å². The second-order valence-electron chi connectivity index (χ2n) is 6.72. The van der Waals surface area contributed by atoms with Gasteiger partial charge in [0.05, 0.1) is 24.7 Å². The van der Waals surface area contributed by atoms with Crippen LogP contribution < -0.4 is 19.5 Å². The summed E-state index contributed by atoms with van der Waals surface area (Å²) in [5.41, 5.74) is 0.425. The van der Waals surface area contributed by atoms with E-state index < -0.39 is 10.8 Å². The predicted molar refractivity (Wildman–Crippen MR) is 108 cm³/mol. The Morgan fingerprint density at radius 2 is 1.86 bits per heavy atom. The van der Waals surface area contributed by atoms with Gasteiger partial charge in [-0.3, -0.25) is 14.9 Å². The zero-order valence-electron chi connectivity index (χ0n) is 16.5. The summed E-state index contributed by atoms with van der Waals surface area (Å²) in [5, 5.41) is 14.0. The molecule has 0 aliphatic heterocycles. The summed E-state index contributed by atoms with van der Waals surface area (Å²) < 4.78 is 16.6. The van der Waals surface area contributed by atoms with Gasteiger partial charge in [-0.2, -0.15) is 0 Å². The minimum absolute atomic E-state index is 0.130. The van der Waals surface area contributed by atoms with Crippen LogP contribution in [0.4, 0.5) is 11.4 Å². The van der Waals surface area contributed by atoms with E-state index in [9.17, 15) is 14.9 Å². The van der Waals surface area contributed by atoms with Crippen molar-refractivity contribution in [3.8, 4) is 17.2 Å². The lowest BCUT2D eigenvalue weighted by Crippen LogP contribution is -2.14.